The van der Waals surface area contributed by atoms with Gasteiger partial charge in [0, 0.05) is 19.7 Å². The number of phenolic OH excluding ortho intramolecular Hbond substituents is 1. The SMILES string of the molecule is CC(C)COCCNCc1ccc(O)c(Cl)c1. The summed E-state index contributed by atoms with van der Waals surface area (Å²) in [6.07, 6.45) is 0. The molecule has 0 aromatic heterocycles. The molecule has 0 fully saturated rings. The van der Waals surface area contributed by atoms with Crippen LogP contribution in [0.1, 0.15) is 19.4 Å². The molecule has 4 heteroatoms. The summed E-state index contributed by atoms with van der Waals surface area (Å²) in [4.78, 5) is 0. The normalized spacial score (nSPS) is 11.1. The molecule has 96 valence electrons. The van der Waals surface area contributed by atoms with Crippen LogP contribution in [0.15, 0.2) is 18.2 Å². The van der Waals surface area contributed by atoms with Crippen LogP contribution in [-0.4, -0.2) is 24.9 Å². The monoisotopic (exact) mass is 257 g/mol. The first-order chi connectivity index (χ1) is 8.09. The van der Waals surface area contributed by atoms with Crippen molar-refractivity contribution in [2.45, 2.75) is 20.4 Å². The van der Waals surface area contributed by atoms with E-state index in [0.29, 0.717) is 17.5 Å². The van der Waals surface area contributed by atoms with Crippen LogP contribution in [0.3, 0.4) is 0 Å². The van der Waals surface area contributed by atoms with Gasteiger partial charge >= 0.3 is 0 Å². The van der Waals surface area contributed by atoms with Gasteiger partial charge < -0.3 is 15.2 Å². The Hall–Kier alpha value is -0.770. The lowest BCUT2D eigenvalue weighted by atomic mass is 10.2. The summed E-state index contributed by atoms with van der Waals surface area (Å²) in [7, 11) is 0. The van der Waals surface area contributed by atoms with Crippen LogP contribution < -0.4 is 5.32 Å². The Balaban J connectivity index is 2.16. The summed E-state index contributed by atoms with van der Waals surface area (Å²) >= 11 is 5.81. The average molecular weight is 258 g/mol. The van der Waals surface area contributed by atoms with Gasteiger partial charge in [-0.05, 0) is 23.6 Å². The summed E-state index contributed by atoms with van der Waals surface area (Å²) in [5, 5.41) is 12.9. The van der Waals surface area contributed by atoms with Crippen molar-refractivity contribution in [2.24, 2.45) is 5.92 Å². The molecular formula is C13H20ClNO2. The highest BCUT2D eigenvalue weighted by molar-refractivity contribution is 6.32. The molecule has 0 saturated heterocycles. The van der Waals surface area contributed by atoms with Crippen LogP contribution in [-0.2, 0) is 11.3 Å². The molecule has 0 radical (unpaired) electrons. The van der Waals surface area contributed by atoms with E-state index in [9.17, 15) is 5.11 Å². The van der Waals surface area contributed by atoms with E-state index in [4.69, 9.17) is 16.3 Å². The zero-order chi connectivity index (χ0) is 12.7. The highest BCUT2D eigenvalue weighted by Gasteiger charge is 1.99. The van der Waals surface area contributed by atoms with E-state index in [1.165, 1.54) is 0 Å². The lowest BCUT2D eigenvalue weighted by Crippen LogP contribution is -2.20. The molecule has 0 heterocycles. The van der Waals surface area contributed by atoms with Crippen molar-refractivity contribution in [3.63, 3.8) is 0 Å². The van der Waals surface area contributed by atoms with Crippen LogP contribution in [0.4, 0.5) is 0 Å². The Morgan fingerprint density at radius 1 is 1.41 bits per heavy atom. The fourth-order valence-electron chi connectivity index (χ4n) is 1.36. The smallest absolute Gasteiger partial charge is 0.134 e. The third-order valence-corrected chi connectivity index (χ3v) is 2.52. The molecule has 0 saturated carbocycles. The Morgan fingerprint density at radius 3 is 2.82 bits per heavy atom. The van der Waals surface area contributed by atoms with Crippen molar-refractivity contribution in [1.29, 1.82) is 0 Å². The van der Waals surface area contributed by atoms with E-state index < -0.39 is 0 Å². The molecule has 1 rings (SSSR count). The highest BCUT2D eigenvalue weighted by Crippen LogP contribution is 2.23. The third kappa shape index (κ3) is 5.91. The molecule has 1 aromatic carbocycles. The van der Waals surface area contributed by atoms with Gasteiger partial charge in [0.1, 0.15) is 5.75 Å². The van der Waals surface area contributed by atoms with Gasteiger partial charge in [-0.15, -0.1) is 0 Å². The van der Waals surface area contributed by atoms with Gasteiger partial charge in [0.05, 0.1) is 11.6 Å². The van der Waals surface area contributed by atoms with E-state index in [1.54, 1.807) is 12.1 Å². The van der Waals surface area contributed by atoms with Crippen molar-refractivity contribution in [2.75, 3.05) is 19.8 Å². The van der Waals surface area contributed by atoms with E-state index in [-0.39, 0.29) is 5.75 Å². The molecule has 3 nitrogen and oxygen atoms in total. The molecule has 0 aliphatic rings. The maximum atomic E-state index is 9.26. The fourth-order valence-corrected chi connectivity index (χ4v) is 1.56. The van der Waals surface area contributed by atoms with Crippen LogP contribution in [0.5, 0.6) is 5.75 Å². The van der Waals surface area contributed by atoms with E-state index in [1.807, 2.05) is 6.07 Å². The number of aromatic hydroxyl groups is 1. The van der Waals surface area contributed by atoms with Gasteiger partial charge in [-0.3, -0.25) is 0 Å². The van der Waals surface area contributed by atoms with Gasteiger partial charge in [0.15, 0.2) is 0 Å². The first-order valence-electron chi connectivity index (χ1n) is 5.85. The summed E-state index contributed by atoms with van der Waals surface area (Å²) in [6.45, 7) is 7.31. The Labute approximate surface area is 108 Å². The van der Waals surface area contributed by atoms with Gasteiger partial charge in [-0.2, -0.15) is 0 Å². The minimum Gasteiger partial charge on any atom is -0.506 e. The van der Waals surface area contributed by atoms with Crippen LogP contribution >= 0.6 is 11.6 Å². The van der Waals surface area contributed by atoms with Gasteiger partial charge in [0.2, 0.25) is 0 Å². The van der Waals surface area contributed by atoms with E-state index >= 15 is 0 Å². The van der Waals surface area contributed by atoms with Crippen molar-refractivity contribution < 1.29 is 9.84 Å². The lowest BCUT2D eigenvalue weighted by molar-refractivity contribution is 0.111. The quantitative estimate of drug-likeness (QED) is 0.738. The number of phenols is 1. The predicted octanol–water partition coefficient (Wildman–Crippen LogP) is 2.81. The second-order valence-corrected chi connectivity index (χ2v) is 4.84. The van der Waals surface area contributed by atoms with Crippen molar-refractivity contribution in [1.82, 2.24) is 5.32 Å². The molecule has 0 spiro atoms. The Kier molecular flexibility index (Phi) is 6.34. The number of hydrogen-bond acceptors (Lipinski definition) is 3. The minimum atomic E-state index is 0.121. The zero-order valence-electron chi connectivity index (χ0n) is 10.4. The number of benzene rings is 1. The minimum absolute atomic E-state index is 0.121. The molecule has 0 aliphatic carbocycles. The first kappa shape index (κ1) is 14.3. The topological polar surface area (TPSA) is 41.5 Å². The number of nitrogens with one attached hydrogen (secondary N) is 1. The fraction of sp³-hybridized carbons (Fsp3) is 0.538. The van der Waals surface area contributed by atoms with Crippen LogP contribution in [0, 0.1) is 5.92 Å². The number of rotatable bonds is 7. The van der Waals surface area contributed by atoms with Crippen molar-refractivity contribution in [3.05, 3.63) is 28.8 Å². The van der Waals surface area contributed by atoms with E-state index in [0.717, 1.165) is 25.3 Å². The molecule has 0 unspecified atom stereocenters. The van der Waals surface area contributed by atoms with Gasteiger partial charge in [0.25, 0.3) is 0 Å². The first-order valence-corrected chi connectivity index (χ1v) is 6.23. The molecule has 1 aromatic rings. The number of hydrogen-bond donors (Lipinski definition) is 2. The van der Waals surface area contributed by atoms with Crippen molar-refractivity contribution >= 4 is 11.6 Å². The molecule has 0 aliphatic heterocycles. The molecule has 0 atom stereocenters. The maximum absolute atomic E-state index is 9.26. The second-order valence-electron chi connectivity index (χ2n) is 4.43. The maximum Gasteiger partial charge on any atom is 0.134 e. The zero-order valence-corrected chi connectivity index (χ0v) is 11.1. The van der Waals surface area contributed by atoms with E-state index in [2.05, 4.69) is 19.2 Å². The standard InChI is InChI=1S/C13H20ClNO2/c1-10(2)9-17-6-5-15-8-11-3-4-13(16)12(14)7-11/h3-4,7,10,15-16H,5-6,8-9H2,1-2H3. The van der Waals surface area contributed by atoms with Gasteiger partial charge in [-0.25, -0.2) is 0 Å². The van der Waals surface area contributed by atoms with Crippen LogP contribution in [0.2, 0.25) is 5.02 Å². The lowest BCUT2D eigenvalue weighted by Gasteiger charge is -2.08. The molecular weight excluding hydrogens is 238 g/mol. The summed E-state index contributed by atoms with van der Waals surface area (Å²) in [5.41, 5.74) is 1.05. The Bertz CT molecular complexity index is 342. The molecule has 0 amide bonds. The Morgan fingerprint density at radius 2 is 2.18 bits per heavy atom. The molecule has 17 heavy (non-hydrogen) atoms. The summed E-state index contributed by atoms with van der Waals surface area (Å²) in [5.74, 6) is 0.696. The second kappa shape index (κ2) is 7.54. The molecule has 2 N–H and O–H groups in total. The van der Waals surface area contributed by atoms with Gasteiger partial charge in [-0.1, -0.05) is 31.5 Å². The summed E-state index contributed by atoms with van der Waals surface area (Å²) in [6, 6.07) is 5.22. The summed E-state index contributed by atoms with van der Waals surface area (Å²) < 4.78 is 5.45. The molecule has 0 bridgehead atoms. The predicted molar refractivity (Wildman–Crippen MR) is 70.5 cm³/mol. The number of halogens is 1. The third-order valence-electron chi connectivity index (χ3n) is 2.22. The highest BCUT2D eigenvalue weighted by atomic mass is 35.5. The average Bonchev–Trinajstić information content (AvgIpc) is 2.27. The largest absolute Gasteiger partial charge is 0.506 e. The number of ether oxygens (including phenoxy) is 1. The van der Waals surface area contributed by atoms with Crippen LogP contribution in [0.25, 0.3) is 0 Å². The van der Waals surface area contributed by atoms with Crippen molar-refractivity contribution in [3.8, 4) is 5.75 Å².